The smallest absolute Gasteiger partial charge is 0.0885 e. The van der Waals surface area contributed by atoms with Gasteiger partial charge in [0.15, 0.2) is 0 Å². The van der Waals surface area contributed by atoms with Crippen molar-refractivity contribution in [3.8, 4) is 11.1 Å². The third-order valence-electron chi connectivity index (χ3n) is 3.43. The minimum Gasteiger partial charge on any atom is -0.378 e. The van der Waals surface area contributed by atoms with Crippen LogP contribution >= 0.6 is 0 Å². The van der Waals surface area contributed by atoms with Crippen molar-refractivity contribution in [1.29, 1.82) is 0 Å². The number of benzene rings is 2. The van der Waals surface area contributed by atoms with Crippen molar-refractivity contribution in [1.82, 2.24) is 4.98 Å². The van der Waals surface area contributed by atoms with Crippen LogP contribution in [0.15, 0.2) is 54.6 Å². The Balaban J connectivity index is 2.28. The predicted octanol–water partition coefficient (Wildman–Crippen LogP) is 3.33. The lowest BCUT2D eigenvalue weighted by atomic mass is 10.0. The number of fused-ring (bicyclic) bond motifs is 1. The number of ether oxygens (including phenoxy) is 1. The molecule has 0 spiro atoms. The zero-order valence-corrected chi connectivity index (χ0v) is 11.8. The van der Waals surface area contributed by atoms with Gasteiger partial charge in [-0.3, -0.25) is 5.84 Å². The number of nitrogens with zero attached hydrogens (tertiary/aromatic N) is 1. The van der Waals surface area contributed by atoms with Gasteiger partial charge in [0.25, 0.3) is 0 Å². The Morgan fingerprint density at radius 1 is 1.10 bits per heavy atom. The summed E-state index contributed by atoms with van der Waals surface area (Å²) in [6, 6.07) is 18.2. The van der Waals surface area contributed by atoms with Gasteiger partial charge < -0.3 is 10.2 Å². The molecule has 1 heterocycles. The number of methoxy groups -OCH3 is 1. The second kappa shape index (κ2) is 5.91. The molecule has 0 aliphatic heterocycles. The van der Waals surface area contributed by atoms with Gasteiger partial charge in [0, 0.05) is 18.1 Å². The Hall–Kier alpha value is -2.43. The topological polar surface area (TPSA) is 60.2 Å². The van der Waals surface area contributed by atoms with Crippen LogP contribution in [0.4, 0.5) is 5.69 Å². The van der Waals surface area contributed by atoms with E-state index in [0.717, 1.165) is 33.4 Å². The number of nitrogens with one attached hydrogen (secondary N) is 1. The molecule has 4 heteroatoms. The van der Waals surface area contributed by atoms with E-state index in [1.54, 1.807) is 7.11 Å². The van der Waals surface area contributed by atoms with Crippen molar-refractivity contribution < 1.29 is 4.74 Å². The zero-order chi connectivity index (χ0) is 14.7. The van der Waals surface area contributed by atoms with Gasteiger partial charge >= 0.3 is 0 Å². The van der Waals surface area contributed by atoms with Crippen molar-refractivity contribution in [2.24, 2.45) is 5.84 Å². The van der Waals surface area contributed by atoms with E-state index in [1.165, 1.54) is 0 Å². The lowest BCUT2D eigenvalue weighted by Crippen LogP contribution is -2.09. The van der Waals surface area contributed by atoms with Gasteiger partial charge in [-0.2, -0.15) is 0 Å². The minimum atomic E-state index is 0.452. The molecule has 0 aliphatic carbocycles. The molecule has 1 aromatic heterocycles. The molecule has 0 atom stereocenters. The van der Waals surface area contributed by atoms with Gasteiger partial charge in [0.2, 0.25) is 0 Å². The number of pyridine rings is 1. The van der Waals surface area contributed by atoms with Gasteiger partial charge in [-0.25, -0.2) is 4.98 Å². The van der Waals surface area contributed by atoms with Crippen molar-refractivity contribution in [3.05, 3.63) is 60.3 Å². The average molecular weight is 279 g/mol. The Morgan fingerprint density at radius 2 is 1.90 bits per heavy atom. The first-order valence-corrected chi connectivity index (χ1v) is 6.77. The van der Waals surface area contributed by atoms with Gasteiger partial charge in [-0.05, 0) is 11.6 Å². The molecule has 0 fully saturated rings. The van der Waals surface area contributed by atoms with Crippen LogP contribution in [0, 0.1) is 0 Å². The van der Waals surface area contributed by atoms with Gasteiger partial charge in [-0.1, -0.05) is 48.5 Å². The molecule has 0 unspecified atom stereocenters. The quantitative estimate of drug-likeness (QED) is 0.568. The largest absolute Gasteiger partial charge is 0.378 e. The number of rotatable bonds is 4. The molecule has 3 rings (SSSR count). The van der Waals surface area contributed by atoms with Crippen LogP contribution < -0.4 is 11.3 Å². The van der Waals surface area contributed by atoms with E-state index >= 15 is 0 Å². The highest BCUT2D eigenvalue weighted by Crippen LogP contribution is 2.31. The molecule has 0 aliphatic rings. The summed E-state index contributed by atoms with van der Waals surface area (Å²) in [5, 5.41) is 0.999. The van der Waals surface area contributed by atoms with E-state index in [4.69, 9.17) is 15.6 Å². The molecule has 0 amide bonds. The summed E-state index contributed by atoms with van der Waals surface area (Å²) in [6.45, 7) is 0.452. The molecule has 0 bridgehead atoms. The minimum absolute atomic E-state index is 0.452. The van der Waals surface area contributed by atoms with Crippen molar-refractivity contribution in [2.45, 2.75) is 6.61 Å². The Labute approximate surface area is 123 Å². The van der Waals surface area contributed by atoms with Crippen LogP contribution in [0.1, 0.15) is 5.69 Å². The molecule has 106 valence electrons. The number of anilines is 1. The maximum Gasteiger partial charge on any atom is 0.0885 e. The average Bonchev–Trinajstić information content (AvgIpc) is 2.54. The molecule has 0 saturated carbocycles. The first-order chi connectivity index (χ1) is 10.3. The van der Waals surface area contributed by atoms with Gasteiger partial charge in [-0.15, -0.1) is 0 Å². The third kappa shape index (κ3) is 2.59. The van der Waals surface area contributed by atoms with Crippen molar-refractivity contribution >= 4 is 16.6 Å². The van der Waals surface area contributed by atoms with E-state index in [1.807, 2.05) is 36.4 Å². The summed E-state index contributed by atoms with van der Waals surface area (Å²) >= 11 is 0. The Bertz CT molecular complexity index is 757. The summed E-state index contributed by atoms with van der Waals surface area (Å²) in [5.41, 5.74) is 7.59. The maximum absolute atomic E-state index is 5.65. The number of nitrogens with two attached hydrogens (primary N) is 1. The van der Waals surface area contributed by atoms with E-state index in [-0.39, 0.29) is 0 Å². The molecule has 3 N–H and O–H groups in total. The van der Waals surface area contributed by atoms with E-state index in [0.29, 0.717) is 6.61 Å². The molecule has 3 aromatic rings. The van der Waals surface area contributed by atoms with Crippen molar-refractivity contribution in [2.75, 3.05) is 12.5 Å². The van der Waals surface area contributed by atoms with E-state index in [9.17, 15) is 0 Å². The lowest BCUT2D eigenvalue weighted by molar-refractivity contribution is 0.182. The number of hydrogen-bond acceptors (Lipinski definition) is 4. The normalized spacial score (nSPS) is 10.8. The zero-order valence-electron chi connectivity index (χ0n) is 11.8. The highest BCUT2D eigenvalue weighted by atomic mass is 16.5. The van der Waals surface area contributed by atoms with Crippen molar-refractivity contribution in [3.63, 3.8) is 0 Å². The summed E-state index contributed by atoms with van der Waals surface area (Å²) in [6.07, 6.45) is 0. The highest BCUT2D eigenvalue weighted by Gasteiger charge is 2.10. The summed E-state index contributed by atoms with van der Waals surface area (Å²) < 4.78 is 5.19. The molecule has 0 radical (unpaired) electrons. The molecule has 2 aromatic carbocycles. The SMILES string of the molecule is COCc1cc(NN)c2cccc(-c3ccccc3)c2n1. The number of nitrogen functional groups attached to an aromatic ring is 1. The summed E-state index contributed by atoms with van der Waals surface area (Å²) in [5.74, 6) is 5.65. The van der Waals surface area contributed by atoms with Crippen LogP contribution in [0.3, 0.4) is 0 Å². The summed E-state index contributed by atoms with van der Waals surface area (Å²) in [4.78, 5) is 4.73. The van der Waals surface area contributed by atoms with Crippen LogP contribution in [0.25, 0.3) is 22.0 Å². The third-order valence-corrected chi connectivity index (χ3v) is 3.43. The fourth-order valence-electron chi connectivity index (χ4n) is 2.49. The number of para-hydroxylation sites is 1. The summed E-state index contributed by atoms with van der Waals surface area (Å²) in [7, 11) is 1.66. The Morgan fingerprint density at radius 3 is 2.62 bits per heavy atom. The molecule has 21 heavy (non-hydrogen) atoms. The number of hydrazine groups is 1. The van der Waals surface area contributed by atoms with E-state index < -0.39 is 0 Å². The molecular formula is C17H17N3O. The van der Waals surface area contributed by atoms with Crippen LogP contribution in [0.5, 0.6) is 0 Å². The first-order valence-electron chi connectivity index (χ1n) is 6.77. The molecular weight excluding hydrogens is 262 g/mol. The fraction of sp³-hybridized carbons (Fsp3) is 0.118. The predicted molar refractivity (Wildman–Crippen MR) is 85.7 cm³/mol. The molecule has 0 saturated heterocycles. The first kappa shape index (κ1) is 13.5. The van der Waals surface area contributed by atoms with Crippen LogP contribution in [-0.4, -0.2) is 12.1 Å². The number of hydrogen-bond donors (Lipinski definition) is 2. The maximum atomic E-state index is 5.65. The van der Waals surface area contributed by atoms with Gasteiger partial charge in [0.1, 0.15) is 0 Å². The highest BCUT2D eigenvalue weighted by molar-refractivity contribution is 6.00. The standard InChI is InChI=1S/C17H17N3O/c1-21-11-13-10-16(20-18)15-9-5-8-14(17(15)19-13)12-6-3-2-4-7-12/h2-10H,11,18H2,1H3,(H,19,20). The van der Waals surface area contributed by atoms with Gasteiger partial charge in [0.05, 0.1) is 23.5 Å². The second-order valence-corrected chi connectivity index (χ2v) is 4.81. The van der Waals surface area contributed by atoms with Crippen LogP contribution in [0.2, 0.25) is 0 Å². The second-order valence-electron chi connectivity index (χ2n) is 4.81. The molecule has 4 nitrogen and oxygen atoms in total. The fourth-order valence-corrected chi connectivity index (χ4v) is 2.49. The Kier molecular flexibility index (Phi) is 3.81. The lowest BCUT2D eigenvalue weighted by Gasteiger charge is -2.12. The van der Waals surface area contributed by atoms with E-state index in [2.05, 4.69) is 23.6 Å². The van der Waals surface area contributed by atoms with Crippen LogP contribution in [-0.2, 0) is 11.3 Å². The number of aromatic nitrogens is 1. The monoisotopic (exact) mass is 279 g/mol.